The van der Waals surface area contributed by atoms with Crippen molar-refractivity contribution in [3.05, 3.63) is 47.8 Å². The number of ether oxygens (including phenoxy) is 1. The van der Waals surface area contributed by atoms with Crippen molar-refractivity contribution in [1.29, 1.82) is 0 Å². The molecule has 0 aliphatic rings. The molecule has 4 nitrogen and oxygen atoms in total. The molecule has 102 valence electrons. The van der Waals surface area contributed by atoms with E-state index in [4.69, 9.17) is 0 Å². The Hall–Kier alpha value is -2.02. The molecule has 0 fully saturated rings. The van der Waals surface area contributed by atoms with Gasteiger partial charge >= 0.3 is 6.36 Å². The van der Waals surface area contributed by atoms with Crippen LogP contribution in [0.5, 0.6) is 5.75 Å². The first-order valence-electron chi connectivity index (χ1n) is 5.38. The number of rotatable bonds is 3. The van der Waals surface area contributed by atoms with E-state index in [1.165, 1.54) is 29.1 Å². The number of hydrogen-bond donors (Lipinski definition) is 1. The Bertz CT molecular complexity index is 566. The number of hydrogen-bond acceptors (Lipinski definition) is 3. The molecule has 0 bridgehead atoms. The molecule has 2 rings (SSSR count). The van der Waals surface area contributed by atoms with Crippen LogP contribution in [-0.4, -0.2) is 21.2 Å². The van der Waals surface area contributed by atoms with Crippen LogP contribution >= 0.6 is 0 Å². The van der Waals surface area contributed by atoms with Crippen molar-refractivity contribution >= 4 is 0 Å². The smallest absolute Gasteiger partial charge is 0.406 e. The Balaban J connectivity index is 2.26. The van der Waals surface area contributed by atoms with Crippen LogP contribution in [0, 0.1) is 0 Å². The zero-order chi connectivity index (χ0) is 14.0. The standard InChI is InChI=1S/C12H11F3N2O2/c1-17-10(5-6-16-17)11(18)8-3-2-4-9(7-8)19-12(13,14)15/h2-7,11,18H,1H3. The van der Waals surface area contributed by atoms with Gasteiger partial charge in [-0.1, -0.05) is 12.1 Å². The van der Waals surface area contributed by atoms with Crippen molar-refractivity contribution in [3.8, 4) is 5.75 Å². The molecule has 0 amide bonds. The first-order chi connectivity index (χ1) is 8.87. The number of aliphatic hydroxyl groups excluding tert-OH is 1. The second kappa shape index (κ2) is 4.93. The summed E-state index contributed by atoms with van der Waals surface area (Å²) in [6.07, 6.45) is -4.32. The van der Waals surface area contributed by atoms with Crippen molar-refractivity contribution in [2.24, 2.45) is 7.05 Å². The summed E-state index contributed by atoms with van der Waals surface area (Å²) >= 11 is 0. The quantitative estimate of drug-likeness (QED) is 0.933. The lowest BCUT2D eigenvalue weighted by Gasteiger charge is -2.14. The summed E-state index contributed by atoms with van der Waals surface area (Å²) in [4.78, 5) is 0. The van der Waals surface area contributed by atoms with Gasteiger partial charge < -0.3 is 9.84 Å². The van der Waals surface area contributed by atoms with Crippen molar-refractivity contribution in [2.45, 2.75) is 12.5 Å². The van der Waals surface area contributed by atoms with Crippen LogP contribution in [0.3, 0.4) is 0 Å². The molecule has 7 heteroatoms. The van der Waals surface area contributed by atoms with Gasteiger partial charge in [0.1, 0.15) is 11.9 Å². The molecule has 1 aromatic carbocycles. The van der Waals surface area contributed by atoms with Crippen LogP contribution in [0.2, 0.25) is 0 Å². The van der Waals surface area contributed by atoms with E-state index in [-0.39, 0.29) is 5.75 Å². The number of aliphatic hydroxyl groups is 1. The van der Waals surface area contributed by atoms with Crippen molar-refractivity contribution in [3.63, 3.8) is 0 Å². The lowest BCUT2D eigenvalue weighted by Crippen LogP contribution is -2.17. The summed E-state index contributed by atoms with van der Waals surface area (Å²) < 4.78 is 41.6. The van der Waals surface area contributed by atoms with Gasteiger partial charge in [0.05, 0.1) is 5.69 Å². The molecule has 0 saturated carbocycles. The topological polar surface area (TPSA) is 47.3 Å². The van der Waals surface area contributed by atoms with E-state index in [0.717, 1.165) is 6.07 Å². The molecule has 19 heavy (non-hydrogen) atoms. The molecule has 0 aliphatic carbocycles. The maximum atomic E-state index is 12.1. The van der Waals surface area contributed by atoms with E-state index >= 15 is 0 Å². The normalized spacial score (nSPS) is 13.3. The predicted octanol–water partition coefficient (Wildman–Crippen LogP) is 2.40. The van der Waals surface area contributed by atoms with Gasteiger partial charge in [-0.2, -0.15) is 5.10 Å². The average Bonchev–Trinajstić information content (AvgIpc) is 2.72. The third-order valence-electron chi connectivity index (χ3n) is 2.55. The average molecular weight is 272 g/mol. The maximum Gasteiger partial charge on any atom is 0.573 e. The van der Waals surface area contributed by atoms with E-state index < -0.39 is 12.5 Å². The van der Waals surface area contributed by atoms with Crippen molar-refractivity contribution in [2.75, 3.05) is 0 Å². The molecule has 1 unspecified atom stereocenters. The number of halogens is 3. The molecular weight excluding hydrogens is 261 g/mol. The van der Waals surface area contributed by atoms with Gasteiger partial charge in [0.2, 0.25) is 0 Å². The summed E-state index contributed by atoms with van der Waals surface area (Å²) in [6, 6.07) is 6.80. The van der Waals surface area contributed by atoms with Gasteiger partial charge in [0.25, 0.3) is 0 Å². The Morgan fingerprint density at radius 2 is 2.05 bits per heavy atom. The fourth-order valence-electron chi connectivity index (χ4n) is 1.70. The second-order valence-electron chi connectivity index (χ2n) is 3.90. The number of nitrogens with zero attached hydrogens (tertiary/aromatic N) is 2. The summed E-state index contributed by atoms with van der Waals surface area (Å²) in [5, 5.41) is 14.0. The van der Waals surface area contributed by atoms with Gasteiger partial charge in [0.15, 0.2) is 0 Å². The van der Waals surface area contributed by atoms with Crippen LogP contribution in [0.1, 0.15) is 17.4 Å². The minimum Gasteiger partial charge on any atom is -0.406 e. The van der Waals surface area contributed by atoms with Crippen LogP contribution in [0.15, 0.2) is 36.5 Å². The van der Waals surface area contributed by atoms with Crippen LogP contribution in [-0.2, 0) is 7.05 Å². The Kier molecular flexibility index (Phi) is 3.48. The SMILES string of the molecule is Cn1nccc1C(O)c1cccc(OC(F)(F)F)c1. The molecule has 0 radical (unpaired) electrons. The molecule has 1 N–H and O–H groups in total. The minimum absolute atomic E-state index is 0.297. The highest BCUT2D eigenvalue weighted by Gasteiger charge is 2.31. The van der Waals surface area contributed by atoms with Gasteiger partial charge in [-0.25, -0.2) is 0 Å². The molecule has 2 aromatic rings. The minimum atomic E-state index is -4.75. The lowest BCUT2D eigenvalue weighted by molar-refractivity contribution is -0.274. The van der Waals surface area contributed by atoms with Crippen LogP contribution < -0.4 is 4.74 Å². The molecule has 0 aliphatic heterocycles. The first-order valence-corrected chi connectivity index (χ1v) is 5.38. The Labute approximate surface area is 107 Å². The molecule has 0 spiro atoms. The monoisotopic (exact) mass is 272 g/mol. The largest absolute Gasteiger partial charge is 0.573 e. The molecule has 1 atom stereocenters. The Morgan fingerprint density at radius 1 is 1.32 bits per heavy atom. The zero-order valence-electron chi connectivity index (χ0n) is 9.93. The summed E-state index contributed by atoms with van der Waals surface area (Å²) in [5.74, 6) is -0.369. The van der Waals surface area contributed by atoms with E-state index in [1.54, 1.807) is 13.1 Å². The molecular formula is C12H11F3N2O2. The fourth-order valence-corrected chi connectivity index (χ4v) is 1.70. The zero-order valence-corrected chi connectivity index (χ0v) is 9.93. The predicted molar refractivity (Wildman–Crippen MR) is 60.4 cm³/mol. The highest BCUT2D eigenvalue weighted by molar-refractivity contribution is 5.33. The van der Waals surface area contributed by atoms with Crippen LogP contribution in [0.4, 0.5) is 13.2 Å². The fraction of sp³-hybridized carbons (Fsp3) is 0.250. The third-order valence-corrected chi connectivity index (χ3v) is 2.55. The van der Waals surface area contributed by atoms with Gasteiger partial charge in [-0.05, 0) is 23.8 Å². The number of benzene rings is 1. The highest BCUT2D eigenvalue weighted by Crippen LogP contribution is 2.27. The van der Waals surface area contributed by atoms with Gasteiger partial charge in [-0.15, -0.1) is 13.2 Å². The van der Waals surface area contributed by atoms with E-state index in [0.29, 0.717) is 11.3 Å². The van der Waals surface area contributed by atoms with Crippen molar-refractivity contribution < 1.29 is 23.0 Å². The third kappa shape index (κ3) is 3.25. The highest BCUT2D eigenvalue weighted by atomic mass is 19.4. The summed E-state index contributed by atoms with van der Waals surface area (Å²) in [5.41, 5.74) is 0.773. The van der Waals surface area contributed by atoms with Gasteiger partial charge in [-0.3, -0.25) is 4.68 Å². The Morgan fingerprint density at radius 3 is 2.63 bits per heavy atom. The van der Waals surface area contributed by atoms with Crippen LogP contribution in [0.25, 0.3) is 0 Å². The number of alkyl halides is 3. The maximum absolute atomic E-state index is 12.1. The second-order valence-corrected chi connectivity index (χ2v) is 3.90. The van der Waals surface area contributed by atoms with E-state index in [9.17, 15) is 18.3 Å². The number of aryl methyl sites for hydroxylation is 1. The molecule has 1 heterocycles. The lowest BCUT2D eigenvalue weighted by atomic mass is 10.1. The van der Waals surface area contributed by atoms with E-state index in [1.807, 2.05) is 0 Å². The van der Waals surface area contributed by atoms with E-state index in [2.05, 4.69) is 9.84 Å². The first kappa shape index (κ1) is 13.4. The van der Waals surface area contributed by atoms with Gasteiger partial charge in [0, 0.05) is 13.2 Å². The summed E-state index contributed by atoms with van der Waals surface area (Å²) in [6.45, 7) is 0. The van der Waals surface area contributed by atoms with Crippen molar-refractivity contribution in [1.82, 2.24) is 9.78 Å². The number of aromatic nitrogens is 2. The summed E-state index contributed by atoms with van der Waals surface area (Å²) in [7, 11) is 1.63. The molecule has 0 saturated heterocycles. The molecule has 1 aromatic heterocycles.